The van der Waals surface area contributed by atoms with Crippen LogP contribution in [0.3, 0.4) is 0 Å². The van der Waals surface area contributed by atoms with Gasteiger partial charge in [0.25, 0.3) is 6.57 Å². The third kappa shape index (κ3) is 1.26. The second-order valence-corrected chi connectivity index (χ2v) is 1.61. The maximum atomic E-state index is 12.2. The molecule has 1 aromatic rings. The maximum Gasteiger partial charge on any atom is 0.342 e. The van der Waals surface area contributed by atoms with Crippen molar-refractivity contribution in [2.24, 2.45) is 0 Å². The molecule has 0 fully saturated rings. The highest BCUT2D eigenvalue weighted by atomic mass is 19.1. The zero-order chi connectivity index (χ0) is 6.69. The van der Waals surface area contributed by atoms with Crippen LogP contribution in [0.5, 0.6) is 0 Å². The summed E-state index contributed by atoms with van der Waals surface area (Å²) in [6.45, 7) is 4.88. The molecular formula is C7H5FN+. The van der Waals surface area contributed by atoms with Crippen LogP contribution in [0, 0.1) is 12.4 Å². The van der Waals surface area contributed by atoms with E-state index in [9.17, 15) is 4.39 Å². The van der Waals surface area contributed by atoms with Crippen LogP contribution in [0.25, 0.3) is 4.85 Å². The highest BCUT2D eigenvalue weighted by Crippen LogP contribution is 2.11. The Morgan fingerprint density at radius 3 is 2.67 bits per heavy atom. The van der Waals surface area contributed by atoms with Crippen LogP contribution >= 0.6 is 0 Å². The van der Waals surface area contributed by atoms with E-state index >= 15 is 0 Å². The number of benzene rings is 1. The normalized spacial score (nSPS) is 8.44. The van der Waals surface area contributed by atoms with Gasteiger partial charge in [-0.3, -0.25) is 0 Å². The van der Waals surface area contributed by atoms with Crippen molar-refractivity contribution in [1.82, 2.24) is 0 Å². The summed E-state index contributed by atoms with van der Waals surface area (Å²) in [5.41, 5.74) is 0.454. The summed E-state index contributed by atoms with van der Waals surface area (Å²) in [5, 5.41) is 0. The molecule has 1 aromatic carbocycles. The third-order valence-corrected chi connectivity index (χ3v) is 0.957. The summed E-state index contributed by atoms with van der Waals surface area (Å²) in [6, 6.07) is 5.79. The molecule has 0 atom stereocenters. The molecule has 0 aliphatic rings. The Labute approximate surface area is 52.6 Å². The van der Waals surface area contributed by atoms with Gasteiger partial charge in [-0.25, -0.2) is 4.39 Å². The van der Waals surface area contributed by atoms with Gasteiger partial charge in [-0.2, -0.15) is 0 Å². The Balaban J connectivity index is 3.12. The summed E-state index contributed by atoms with van der Waals surface area (Å²) in [4.78, 5) is 3.29. The number of halogens is 1. The minimum absolute atomic E-state index is 0.318. The van der Waals surface area contributed by atoms with Gasteiger partial charge in [0.2, 0.25) is 0 Å². The molecule has 0 N–H and O–H groups in total. The highest BCUT2D eigenvalue weighted by Gasteiger charge is 1.98. The molecule has 1 rings (SSSR count). The van der Waals surface area contributed by atoms with Gasteiger partial charge >= 0.3 is 5.69 Å². The standard InChI is InChI=1S/C7H5FN/c1-9-7-4-2-3-6(8)5-7/h1-5H/q+1. The van der Waals surface area contributed by atoms with Crippen molar-refractivity contribution in [1.29, 1.82) is 0 Å². The fourth-order valence-corrected chi connectivity index (χ4v) is 0.556. The largest absolute Gasteiger partial charge is 0.342 e. The fraction of sp³-hybridized carbons (Fsp3) is 0. The average Bonchev–Trinajstić information content (AvgIpc) is 1.88. The SMILES string of the molecule is C#[N+]c1cccc(F)c1. The van der Waals surface area contributed by atoms with Gasteiger partial charge in [0.05, 0.1) is 6.07 Å². The number of hydrogen-bond acceptors (Lipinski definition) is 0. The van der Waals surface area contributed by atoms with Crippen molar-refractivity contribution in [2.45, 2.75) is 0 Å². The van der Waals surface area contributed by atoms with E-state index in [0.717, 1.165) is 0 Å². The Bertz CT molecular complexity index is 249. The monoisotopic (exact) mass is 122 g/mol. The molecule has 0 aliphatic carbocycles. The number of nitrogens with zero attached hydrogens (tertiary/aromatic N) is 1. The first-order valence-corrected chi connectivity index (χ1v) is 2.49. The van der Waals surface area contributed by atoms with Crippen molar-refractivity contribution >= 4 is 5.69 Å². The van der Waals surface area contributed by atoms with Gasteiger partial charge in [0.15, 0.2) is 0 Å². The van der Waals surface area contributed by atoms with E-state index in [1.54, 1.807) is 12.1 Å². The second kappa shape index (κ2) is 2.27. The Hall–Kier alpha value is -1.36. The van der Waals surface area contributed by atoms with Crippen LogP contribution in [0.2, 0.25) is 0 Å². The molecule has 0 saturated heterocycles. The van der Waals surface area contributed by atoms with Crippen molar-refractivity contribution in [3.63, 3.8) is 0 Å². The molecule has 44 valence electrons. The van der Waals surface area contributed by atoms with Crippen LogP contribution in [0.15, 0.2) is 24.3 Å². The molecule has 9 heavy (non-hydrogen) atoms. The number of rotatable bonds is 0. The summed E-state index contributed by atoms with van der Waals surface area (Å²) >= 11 is 0. The number of hydrogen-bond donors (Lipinski definition) is 0. The predicted molar refractivity (Wildman–Crippen MR) is 34.4 cm³/mol. The van der Waals surface area contributed by atoms with E-state index in [0.29, 0.717) is 5.69 Å². The summed E-state index contributed by atoms with van der Waals surface area (Å²) in [6.07, 6.45) is 0. The molecule has 0 bridgehead atoms. The topological polar surface area (TPSA) is 4.36 Å². The zero-order valence-corrected chi connectivity index (χ0v) is 4.71. The molecule has 0 spiro atoms. The van der Waals surface area contributed by atoms with E-state index in [1.165, 1.54) is 12.1 Å². The average molecular weight is 122 g/mol. The Morgan fingerprint density at radius 1 is 1.44 bits per heavy atom. The first-order chi connectivity index (χ1) is 4.33. The third-order valence-electron chi connectivity index (χ3n) is 0.957. The lowest BCUT2D eigenvalue weighted by Gasteiger charge is -1.78. The van der Waals surface area contributed by atoms with Gasteiger partial charge in [-0.05, 0) is 10.9 Å². The molecule has 0 saturated carbocycles. The highest BCUT2D eigenvalue weighted by molar-refractivity contribution is 5.44. The second-order valence-electron chi connectivity index (χ2n) is 1.61. The minimum atomic E-state index is -0.318. The molecule has 0 aliphatic heterocycles. The smallest absolute Gasteiger partial charge is 0.207 e. The summed E-state index contributed by atoms with van der Waals surface area (Å²) < 4.78 is 12.2. The van der Waals surface area contributed by atoms with Crippen molar-refractivity contribution in [3.8, 4) is 6.57 Å². The van der Waals surface area contributed by atoms with Crippen LogP contribution in [-0.2, 0) is 0 Å². The van der Waals surface area contributed by atoms with E-state index in [-0.39, 0.29) is 5.82 Å². The minimum Gasteiger partial charge on any atom is -0.207 e. The van der Waals surface area contributed by atoms with E-state index in [4.69, 9.17) is 6.57 Å². The molecule has 0 amide bonds. The van der Waals surface area contributed by atoms with Crippen LogP contribution < -0.4 is 0 Å². The molecule has 0 aromatic heterocycles. The molecule has 0 unspecified atom stereocenters. The fourth-order valence-electron chi connectivity index (χ4n) is 0.556. The van der Waals surface area contributed by atoms with Gasteiger partial charge in [0.1, 0.15) is 5.82 Å². The molecule has 0 radical (unpaired) electrons. The van der Waals surface area contributed by atoms with Gasteiger partial charge in [-0.15, -0.1) is 0 Å². The lowest BCUT2D eigenvalue weighted by Crippen LogP contribution is -1.67. The quantitative estimate of drug-likeness (QED) is 0.497. The molecule has 0 heterocycles. The van der Waals surface area contributed by atoms with Crippen LogP contribution in [0.4, 0.5) is 10.1 Å². The molecular weight excluding hydrogens is 117 g/mol. The summed E-state index contributed by atoms with van der Waals surface area (Å²) in [7, 11) is 0. The zero-order valence-electron chi connectivity index (χ0n) is 4.71. The Morgan fingerprint density at radius 2 is 2.22 bits per heavy atom. The van der Waals surface area contributed by atoms with Crippen molar-refractivity contribution in [3.05, 3.63) is 34.9 Å². The predicted octanol–water partition coefficient (Wildman–Crippen LogP) is 2.42. The van der Waals surface area contributed by atoms with Gasteiger partial charge in [0, 0.05) is 6.07 Å². The first kappa shape index (κ1) is 5.77. The lowest BCUT2D eigenvalue weighted by atomic mass is 10.3. The van der Waals surface area contributed by atoms with E-state index < -0.39 is 0 Å². The summed E-state index contributed by atoms with van der Waals surface area (Å²) in [5.74, 6) is -0.318. The first-order valence-electron chi connectivity index (χ1n) is 2.49. The Kier molecular flexibility index (Phi) is 1.46. The maximum absolute atomic E-state index is 12.2. The molecule has 2 heteroatoms. The molecule has 1 nitrogen and oxygen atoms in total. The van der Waals surface area contributed by atoms with E-state index in [1.807, 2.05) is 0 Å². The van der Waals surface area contributed by atoms with Crippen LogP contribution in [0.1, 0.15) is 0 Å². The van der Waals surface area contributed by atoms with Crippen molar-refractivity contribution in [2.75, 3.05) is 0 Å². The van der Waals surface area contributed by atoms with Crippen LogP contribution in [-0.4, -0.2) is 0 Å². The lowest BCUT2D eigenvalue weighted by molar-refractivity contribution is 0.628. The van der Waals surface area contributed by atoms with E-state index in [2.05, 4.69) is 4.85 Å². The van der Waals surface area contributed by atoms with Gasteiger partial charge < -0.3 is 0 Å². The van der Waals surface area contributed by atoms with Gasteiger partial charge in [-0.1, -0.05) is 6.07 Å². The van der Waals surface area contributed by atoms with Crippen molar-refractivity contribution < 1.29 is 4.39 Å².